The van der Waals surface area contributed by atoms with Crippen molar-refractivity contribution >= 4 is 17.5 Å². The Balaban J connectivity index is 1.77. The number of nitrogens with zero attached hydrogens (tertiary/aromatic N) is 4. The summed E-state index contributed by atoms with van der Waals surface area (Å²) in [6.07, 6.45) is 0. The zero-order valence-electron chi connectivity index (χ0n) is 16.5. The zero-order valence-corrected chi connectivity index (χ0v) is 16.5. The van der Waals surface area contributed by atoms with Crippen molar-refractivity contribution in [2.45, 2.75) is 13.0 Å². The Morgan fingerprint density at radius 3 is 2.77 bits per heavy atom. The summed E-state index contributed by atoms with van der Waals surface area (Å²) in [6.45, 7) is 1.74. The van der Waals surface area contributed by atoms with Crippen LogP contribution in [0.2, 0.25) is 0 Å². The number of rotatable bonds is 5. The summed E-state index contributed by atoms with van der Waals surface area (Å²) < 4.78 is 26.0. The fourth-order valence-corrected chi connectivity index (χ4v) is 3.39. The second-order valence-electron chi connectivity index (χ2n) is 6.59. The van der Waals surface area contributed by atoms with E-state index in [-0.39, 0.29) is 0 Å². The van der Waals surface area contributed by atoms with E-state index in [1.807, 2.05) is 0 Å². The molecule has 9 nitrogen and oxygen atoms in total. The number of anilines is 2. The van der Waals surface area contributed by atoms with Crippen molar-refractivity contribution < 1.29 is 18.7 Å². The quantitative estimate of drug-likeness (QED) is 0.667. The minimum absolute atomic E-state index is 0.338. The second-order valence-corrected chi connectivity index (χ2v) is 6.59. The van der Waals surface area contributed by atoms with Gasteiger partial charge in [-0.1, -0.05) is 17.2 Å². The number of fused-ring (bicyclic) bond motifs is 1. The Labute approximate surface area is 171 Å². The molecule has 10 heteroatoms. The standard InChI is InChI=1S/C20H19FN6O3/c1-11-17(19(28)23-15-10-14(29-2)7-8-16(15)30-3)18(12-5-4-6-13(21)9-12)27-20(22-11)24-25-26-27/h4-10,18H,1-3H3,(H,23,28)(H,22,24,26)/t18-/m1/s1. The van der Waals surface area contributed by atoms with Gasteiger partial charge in [0.05, 0.1) is 25.5 Å². The molecule has 1 atom stereocenters. The normalized spacial score (nSPS) is 15.3. The Morgan fingerprint density at radius 1 is 1.20 bits per heavy atom. The average molecular weight is 410 g/mol. The lowest BCUT2D eigenvalue weighted by Gasteiger charge is -2.28. The number of nitrogens with one attached hydrogen (secondary N) is 2. The number of ether oxygens (including phenoxy) is 2. The van der Waals surface area contributed by atoms with Gasteiger partial charge in [-0.15, -0.1) is 0 Å². The molecule has 1 aromatic heterocycles. The van der Waals surface area contributed by atoms with Gasteiger partial charge in [-0.25, -0.2) is 4.39 Å². The van der Waals surface area contributed by atoms with Crippen LogP contribution in [0.4, 0.5) is 16.0 Å². The lowest BCUT2D eigenvalue weighted by Crippen LogP contribution is -2.31. The minimum atomic E-state index is -0.719. The number of halogens is 1. The first-order valence-electron chi connectivity index (χ1n) is 9.06. The van der Waals surface area contributed by atoms with Crippen molar-refractivity contribution in [2.24, 2.45) is 0 Å². The lowest BCUT2D eigenvalue weighted by atomic mass is 9.95. The van der Waals surface area contributed by atoms with Crippen LogP contribution in [-0.4, -0.2) is 40.3 Å². The van der Waals surface area contributed by atoms with Gasteiger partial charge in [-0.3, -0.25) is 4.79 Å². The van der Waals surface area contributed by atoms with Gasteiger partial charge in [0, 0.05) is 11.8 Å². The molecular weight excluding hydrogens is 391 g/mol. The van der Waals surface area contributed by atoms with Gasteiger partial charge in [-0.2, -0.15) is 4.68 Å². The van der Waals surface area contributed by atoms with Gasteiger partial charge >= 0.3 is 0 Å². The zero-order chi connectivity index (χ0) is 21.3. The van der Waals surface area contributed by atoms with Crippen LogP contribution in [0.15, 0.2) is 53.7 Å². The van der Waals surface area contributed by atoms with Crippen LogP contribution in [0.3, 0.4) is 0 Å². The molecule has 4 rings (SSSR count). The van der Waals surface area contributed by atoms with Crippen LogP contribution in [0.1, 0.15) is 18.5 Å². The van der Waals surface area contributed by atoms with Crippen LogP contribution in [0.5, 0.6) is 11.5 Å². The molecular formula is C20H19FN6O3. The van der Waals surface area contributed by atoms with Gasteiger partial charge in [0.2, 0.25) is 5.95 Å². The summed E-state index contributed by atoms with van der Waals surface area (Å²) in [6, 6.07) is 10.3. The number of hydrogen-bond acceptors (Lipinski definition) is 7. The summed E-state index contributed by atoms with van der Waals surface area (Å²) in [5.41, 5.74) is 1.85. The molecule has 0 bridgehead atoms. The number of carbonyl (C=O) groups excluding carboxylic acids is 1. The summed E-state index contributed by atoms with van der Waals surface area (Å²) in [7, 11) is 3.04. The van der Waals surface area contributed by atoms with E-state index in [0.29, 0.717) is 40.0 Å². The Kier molecular flexibility index (Phi) is 5.05. The summed E-state index contributed by atoms with van der Waals surface area (Å²) in [5, 5.41) is 17.5. The van der Waals surface area contributed by atoms with Gasteiger partial charge in [0.25, 0.3) is 5.91 Å². The Hall–Kier alpha value is -3.95. The second kappa shape index (κ2) is 7.82. The molecule has 0 saturated heterocycles. The van der Waals surface area contributed by atoms with Crippen molar-refractivity contribution in [2.75, 3.05) is 24.9 Å². The molecule has 0 aliphatic carbocycles. The van der Waals surface area contributed by atoms with Gasteiger partial charge < -0.3 is 20.1 Å². The van der Waals surface area contributed by atoms with Gasteiger partial charge in [0.1, 0.15) is 23.4 Å². The molecule has 0 saturated carbocycles. The molecule has 2 aromatic carbocycles. The predicted molar refractivity (Wildman–Crippen MR) is 107 cm³/mol. The van der Waals surface area contributed by atoms with Crippen LogP contribution in [0, 0.1) is 5.82 Å². The highest BCUT2D eigenvalue weighted by molar-refractivity contribution is 6.06. The average Bonchev–Trinajstić information content (AvgIpc) is 3.20. The van der Waals surface area contributed by atoms with E-state index in [2.05, 4.69) is 26.2 Å². The fourth-order valence-electron chi connectivity index (χ4n) is 3.39. The highest BCUT2D eigenvalue weighted by Crippen LogP contribution is 2.36. The number of allylic oxidation sites excluding steroid dienone is 1. The largest absolute Gasteiger partial charge is 0.497 e. The van der Waals surface area contributed by atoms with Crippen molar-refractivity contribution in [1.29, 1.82) is 0 Å². The molecule has 154 valence electrons. The highest BCUT2D eigenvalue weighted by atomic mass is 19.1. The summed E-state index contributed by atoms with van der Waals surface area (Å²) in [4.78, 5) is 13.4. The Morgan fingerprint density at radius 2 is 2.03 bits per heavy atom. The number of amides is 1. The maximum Gasteiger partial charge on any atom is 0.255 e. The molecule has 1 aliphatic rings. The first-order valence-corrected chi connectivity index (χ1v) is 9.06. The molecule has 1 aliphatic heterocycles. The lowest BCUT2D eigenvalue weighted by molar-refractivity contribution is -0.113. The molecule has 0 unspecified atom stereocenters. The van der Waals surface area contributed by atoms with E-state index in [9.17, 15) is 9.18 Å². The van der Waals surface area contributed by atoms with Crippen LogP contribution >= 0.6 is 0 Å². The maximum absolute atomic E-state index is 14.0. The number of methoxy groups -OCH3 is 2. The molecule has 3 aromatic rings. The first-order chi connectivity index (χ1) is 14.5. The van der Waals surface area contributed by atoms with E-state index in [0.717, 1.165) is 0 Å². The summed E-state index contributed by atoms with van der Waals surface area (Å²) >= 11 is 0. The third-order valence-corrected chi connectivity index (χ3v) is 4.78. The smallest absolute Gasteiger partial charge is 0.255 e. The molecule has 0 fully saturated rings. The van der Waals surface area contributed by atoms with Crippen molar-refractivity contribution in [3.05, 3.63) is 65.1 Å². The number of tetrazole rings is 1. The molecule has 2 heterocycles. The van der Waals surface area contributed by atoms with Crippen molar-refractivity contribution in [3.63, 3.8) is 0 Å². The first kappa shape index (κ1) is 19.4. The Bertz CT molecular complexity index is 1140. The third-order valence-electron chi connectivity index (χ3n) is 4.78. The SMILES string of the molecule is COc1ccc(OC)c(NC(=O)C2=C(C)Nc3nnnn3[C@@H]2c2cccc(F)c2)c1. The molecule has 1 amide bonds. The molecule has 2 N–H and O–H groups in total. The van der Waals surface area contributed by atoms with Crippen LogP contribution in [0.25, 0.3) is 0 Å². The predicted octanol–water partition coefficient (Wildman–Crippen LogP) is 2.76. The van der Waals surface area contributed by atoms with E-state index >= 15 is 0 Å². The van der Waals surface area contributed by atoms with E-state index in [1.54, 1.807) is 37.3 Å². The van der Waals surface area contributed by atoms with E-state index < -0.39 is 17.8 Å². The number of hydrogen-bond donors (Lipinski definition) is 2. The van der Waals surface area contributed by atoms with Crippen molar-refractivity contribution in [1.82, 2.24) is 20.2 Å². The highest BCUT2D eigenvalue weighted by Gasteiger charge is 2.34. The minimum Gasteiger partial charge on any atom is -0.497 e. The van der Waals surface area contributed by atoms with Crippen molar-refractivity contribution in [3.8, 4) is 11.5 Å². The molecule has 30 heavy (non-hydrogen) atoms. The van der Waals surface area contributed by atoms with Crippen LogP contribution in [-0.2, 0) is 4.79 Å². The fraction of sp³-hybridized carbons (Fsp3) is 0.200. The number of benzene rings is 2. The third kappa shape index (κ3) is 3.43. The maximum atomic E-state index is 14.0. The summed E-state index contributed by atoms with van der Waals surface area (Å²) in [5.74, 6) is 0.548. The monoisotopic (exact) mass is 410 g/mol. The van der Waals surface area contributed by atoms with E-state index in [1.165, 1.54) is 31.0 Å². The molecule has 0 spiro atoms. The number of aromatic nitrogens is 4. The van der Waals surface area contributed by atoms with Gasteiger partial charge in [-0.05, 0) is 47.2 Å². The molecule has 0 radical (unpaired) electrons. The van der Waals surface area contributed by atoms with E-state index in [4.69, 9.17) is 9.47 Å². The van der Waals surface area contributed by atoms with Crippen LogP contribution < -0.4 is 20.1 Å². The topological polar surface area (TPSA) is 103 Å². The number of carbonyl (C=O) groups is 1. The van der Waals surface area contributed by atoms with Gasteiger partial charge in [0.15, 0.2) is 0 Å².